The molecule has 0 fully saturated rings. The average molecular weight is 461 g/mol. The molecule has 162 valence electrons. The van der Waals surface area contributed by atoms with Gasteiger partial charge in [-0.2, -0.15) is 16.8 Å². The molecule has 0 radical (unpaired) electrons. The molecule has 1 atom stereocenters. The predicted molar refractivity (Wildman–Crippen MR) is 102 cm³/mol. The van der Waals surface area contributed by atoms with E-state index in [9.17, 15) is 25.3 Å². The molecule has 0 amide bonds. The number of hydrogen-bond donors (Lipinski definition) is 0. The molecule has 1 rings (SSSR count). The fourth-order valence-corrected chi connectivity index (χ4v) is 4.29. The Kier molecular flexibility index (Phi) is 9.14. The molecule has 0 spiro atoms. The molecule has 0 saturated carbocycles. The maximum atomic E-state index is 12.5. The molecular formula is C15H24O10S3. The molecule has 0 unspecified atom stereocenters. The van der Waals surface area contributed by atoms with Gasteiger partial charge in [0.25, 0.3) is 20.2 Å². The highest BCUT2D eigenvalue weighted by atomic mass is 32.2. The molecule has 1 aromatic rings. The fraction of sp³-hybridized carbons (Fsp3) is 0.600. The van der Waals surface area contributed by atoms with Gasteiger partial charge in [0.05, 0.1) is 43.8 Å². The van der Waals surface area contributed by atoms with Crippen molar-refractivity contribution in [1.82, 2.24) is 0 Å². The quantitative estimate of drug-likeness (QED) is 0.375. The summed E-state index contributed by atoms with van der Waals surface area (Å²) in [4.78, 5) is 0. The number of benzene rings is 1. The summed E-state index contributed by atoms with van der Waals surface area (Å²) in [6, 6.07) is 6.51. The predicted octanol–water partition coefficient (Wildman–Crippen LogP) is 0.200. The molecule has 0 N–H and O–H groups in total. The Bertz CT molecular complexity index is 919. The van der Waals surface area contributed by atoms with E-state index in [1.807, 2.05) is 0 Å². The van der Waals surface area contributed by atoms with Crippen molar-refractivity contribution in [2.75, 3.05) is 45.2 Å². The van der Waals surface area contributed by atoms with Crippen LogP contribution < -0.4 is 9.47 Å². The van der Waals surface area contributed by atoms with Crippen LogP contribution in [0.1, 0.15) is 6.42 Å². The Morgan fingerprint density at radius 3 is 1.86 bits per heavy atom. The SMILES string of the molecule is COc1ccc(OCCS(=O)(=O)[C@H](CCOS(C)(=O)=O)COS(C)(=O)=O)cc1. The zero-order valence-corrected chi connectivity index (χ0v) is 18.2. The van der Waals surface area contributed by atoms with E-state index in [1.165, 1.54) is 7.11 Å². The van der Waals surface area contributed by atoms with Gasteiger partial charge in [0.2, 0.25) is 0 Å². The lowest BCUT2D eigenvalue weighted by atomic mass is 10.3. The number of hydrogen-bond acceptors (Lipinski definition) is 10. The van der Waals surface area contributed by atoms with E-state index in [1.54, 1.807) is 24.3 Å². The van der Waals surface area contributed by atoms with Crippen molar-refractivity contribution in [3.8, 4) is 11.5 Å². The van der Waals surface area contributed by atoms with Crippen LogP contribution in [0.15, 0.2) is 24.3 Å². The van der Waals surface area contributed by atoms with Crippen molar-refractivity contribution in [3.05, 3.63) is 24.3 Å². The molecular weight excluding hydrogens is 436 g/mol. The Labute approximate surface area is 165 Å². The normalized spacial score (nSPS) is 13.8. The number of methoxy groups -OCH3 is 1. The van der Waals surface area contributed by atoms with E-state index < -0.39 is 54.3 Å². The molecule has 0 aliphatic carbocycles. The Hall–Kier alpha value is -1.41. The van der Waals surface area contributed by atoms with Crippen LogP contribution in [0.2, 0.25) is 0 Å². The third-order valence-electron chi connectivity index (χ3n) is 3.41. The molecule has 0 aliphatic heterocycles. The van der Waals surface area contributed by atoms with Crippen molar-refractivity contribution in [2.24, 2.45) is 0 Å². The summed E-state index contributed by atoms with van der Waals surface area (Å²) in [5, 5.41) is -1.27. The van der Waals surface area contributed by atoms with E-state index in [0.717, 1.165) is 12.5 Å². The van der Waals surface area contributed by atoms with E-state index in [4.69, 9.17) is 9.47 Å². The van der Waals surface area contributed by atoms with Crippen LogP contribution in [0.25, 0.3) is 0 Å². The van der Waals surface area contributed by atoms with E-state index in [2.05, 4.69) is 8.37 Å². The van der Waals surface area contributed by atoms with Crippen molar-refractivity contribution in [1.29, 1.82) is 0 Å². The van der Waals surface area contributed by atoms with Gasteiger partial charge in [-0.3, -0.25) is 8.37 Å². The lowest BCUT2D eigenvalue weighted by molar-refractivity contribution is 0.273. The first kappa shape index (κ1) is 24.6. The number of ether oxygens (including phenoxy) is 2. The summed E-state index contributed by atoms with van der Waals surface area (Å²) in [6.45, 7) is -1.25. The van der Waals surface area contributed by atoms with Crippen LogP contribution in [0, 0.1) is 0 Å². The molecule has 0 saturated heterocycles. The Morgan fingerprint density at radius 1 is 0.821 bits per heavy atom. The van der Waals surface area contributed by atoms with Gasteiger partial charge in [0.1, 0.15) is 18.1 Å². The smallest absolute Gasteiger partial charge is 0.264 e. The van der Waals surface area contributed by atoms with Crippen LogP contribution in [-0.4, -0.2) is 75.7 Å². The van der Waals surface area contributed by atoms with Crippen molar-refractivity contribution in [3.63, 3.8) is 0 Å². The van der Waals surface area contributed by atoms with E-state index in [0.29, 0.717) is 11.5 Å². The van der Waals surface area contributed by atoms with E-state index in [-0.39, 0.29) is 13.0 Å². The average Bonchev–Trinajstić information content (AvgIpc) is 2.56. The zero-order chi connectivity index (χ0) is 21.4. The third kappa shape index (κ3) is 10.2. The minimum absolute atomic E-state index is 0.184. The summed E-state index contributed by atoms with van der Waals surface area (Å²) in [7, 11) is -9.98. The largest absolute Gasteiger partial charge is 0.497 e. The van der Waals surface area contributed by atoms with E-state index >= 15 is 0 Å². The van der Waals surface area contributed by atoms with Gasteiger partial charge in [-0.15, -0.1) is 0 Å². The highest BCUT2D eigenvalue weighted by molar-refractivity contribution is 7.92. The van der Waals surface area contributed by atoms with Gasteiger partial charge in [0.15, 0.2) is 9.84 Å². The summed E-state index contributed by atoms with van der Waals surface area (Å²) >= 11 is 0. The first-order valence-electron chi connectivity index (χ1n) is 7.99. The molecule has 0 aliphatic rings. The maximum Gasteiger partial charge on any atom is 0.264 e. The zero-order valence-electron chi connectivity index (χ0n) is 15.7. The topological polar surface area (TPSA) is 139 Å². The van der Waals surface area contributed by atoms with Gasteiger partial charge >= 0.3 is 0 Å². The van der Waals surface area contributed by atoms with Crippen LogP contribution in [-0.2, 0) is 38.4 Å². The molecule has 0 aromatic heterocycles. The Balaban J connectivity index is 2.71. The molecule has 13 heteroatoms. The maximum absolute atomic E-state index is 12.5. The Morgan fingerprint density at radius 2 is 1.36 bits per heavy atom. The summed E-state index contributed by atoms with van der Waals surface area (Å²) in [5.41, 5.74) is 0. The minimum atomic E-state index is -3.87. The molecule has 1 aromatic carbocycles. The van der Waals surface area contributed by atoms with Crippen LogP contribution >= 0.6 is 0 Å². The fourth-order valence-electron chi connectivity index (χ4n) is 2.01. The third-order valence-corrected chi connectivity index (χ3v) is 6.69. The summed E-state index contributed by atoms with van der Waals surface area (Å²) < 4.78 is 88.9. The van der Waals surface area contributed by atoms with Gasteiger partial charge in [-0.1, -0.05) is 0 Å². The van der Waals surface area contributed by atoms with Crippen molar-refractivity contribution in [2.45, 2.75) is 11.7 Å². The number of sulfone groups is 1. The second kappa shape index (κ2) is 10.4. The number of rotatable bonds is 13. The second-order valence-corrected chi connectivity index (χ2v) is 11.5. The van der Waals surface area contributed by atoms with Crippen molar-refractivity contribution >= 4 is 30.1 Å². The van der Waals surface area contributed by atoms with Gasteiger partial charge in [-0.25, -0.2) is 8.42 Å². The van der Waals surface area contributed by atoms with Crippen LogP contribution in [0.4, 0.5) is 0 Å². The first-order chi connectivity index (χ1) is 12.8. The van der Waals surface area contributed by atoms with Crippen LogP contribution in [0.3, 0.4) is 0 Å². The minimum Gasteiger partial charge on any atom is -0.497 e. The van der Waals surface area contributed by atoms with Gasteiger partial charge in [0, 0.05) is 0 Å². The van der Waals surface area contributed by atoms with Gasteiger partial charge < -0.3 is 9.47 Å². The molecule has 0 heterocycles. The monoisotopic (exact) mass is 460 g/mol. The lowest BCUT2D eigenvalue weighted by Gasteiger charge is -2.17. The lowest BCUT2D eigenvalue weighted by Crippen LogP contribution is -2.33. The van der Waals surface area contributed by atoms with Crippen LogP contribution in [0.5, 0.6) is 11.5 Å². The summed E-state index contributed by atoms with van der Waals surface area (Å²) in [5.74, 6) is 0.625. The molecule has 0 bridgehead atoms. The molecule has 10 nitrogen and oxygen atoms in total. The van der Waals surface area contributed by atoms with Gasteiger partial charge in [-0.05, 0) is 30.7 Å². The summed E-state index contributed by atoms with van der Waals surface area (Å²) in [6.07, 6.45) is 1.36. The highest BCUT2D eigenvalue weighted by Gasteiger charge is 2.27. The standard InChI is InChI=1S/C15H24O10S3/c1-22-13-4-6-14(7-5-13)23-10-11-28(20,21)15(12-25-27(3,18)19)8-9-24-26(2,16)17/h4-7,15H,8-12H2,1-3H3/t15-/m1/s1. The highest BCUT2D eigenvalue weighted by Crippen LogP contribution is 2.17. The first-order valence-corrected chi connectivity index (χ1v) is 13.3. The second-order valence-electron chi connectivity index (χ2n) is 5.82. The molecule has 28 heavy (non-hydrogen) atoms. The van der Waals surface area contributed by atoms with Crippen molar-refractivity contribution < 1.29 is 43.1 Å².